The SMILES string of the molecule is Cl.NCC1CCCCC1F. The fourth-order valence-electron chi connectivity index (χ4n) is 1.43. The first-order chi connectivity index (χ1) is 4.34. The van der Waals surface area contributed by atoms with Gasteiger partial charge in [-0.1, -0.05) is 12.8 Å². The minimum Gasteiger partial charge on any atom is -0.330 e. The number of alkyl halides is 1. The van der Waals surface area contributed by atoms with Gasteiger partial charge in [-0.25, -0.2) is 4.39 Å². The van der Waals surface area contributed by atoms with E-state index in [1.165, 1.54) is 6.42 Å². The maximum absolute atomic E-state index is 12.8. The molecule has 0 amide bonds. The molecule has 0 aromatic carbocycles. The zero-order valence-corrected chi connectivity index (χ0v) is 6.87. The Morgan fingerprint density at radius 1 is 1.30 bits per heavy atom. The lowest BCUT2D eigenvalue weighted by Gasteiger charge is -2.23. The molecule has 62 valence electrons. The fraction of sp³-hybridized carbons (Fsp3) is 1.00. The van der Waals surface area contributed by atoms with Crippen molar-refractivity contribution >= 4 is 12.4 Å². The van der Waals surface area contributed by atoms with Crippen molar-refractivity contribution in [1.82, 2.24) is 0 Å². The molecule has 0 bridgehead atoms. The molecule has 0 aromatic rings. The predicted octanol–water partition coefficient (Wildman–Crippen LogP) is 1.90. The van der Waals surface area contributed by atoms with Crippen LogP contribution < -0.4 is 5.73 Å². The van der Waals surface area contributed by atoms with Crippen LogP contribution >= 0.6 is 12.4 Å². The first-order valence-corrected chi connectivity index (χ1v) is 3.68. The highest BCUT2D eigenvalue weighted by Crippen LogP contribution is 2.25. The van der Waals surface area contributed by atoms with Crippen molar-refractivity contribution in [3.8, 4) is 0 Å². The first kappa shape index (κ1) is 10.2. The first-order valence-electron chi connectivity index (χ1n) is 3.68. The van der Waals surface area contributed by atoms with E-state index in [0.717, 1.165) is 19.3 Å². The van der Waals surface area contributed by atoms with E-state index in [1.54, 1.807) is 0 Å². The summed E-state index contributed by atoms with van der Waals surface area (Å²) in [6.07, 6.45) is 3.35. The summed E-state index contributed by atoms with van der Waals surface area (Å²) < 4.78 is 12.8. The second-order valence-electron chi connectivity index (χ2n) is 2.80. The van der Waals surface area contributed by atoms with Gasteiger partial charge in [-0.05, 0) is 19.4 Å². The van der Waals surface area contributed by atoms with Crippen LogP contribution in [0.15, 0.2) is 0 Å². The minimum atomic E-state index is -0.608. The van der Waals surface area contributed by atoms with Crippen molar-refractivity contribution in [2.24, 2.45) is 11.7 Å². The lowest BCUT2D eigenvalue weighted by atomic mass is 9.88. The van der Waals surface area contributed by atoms with Crippen LogP contribution in [0.1, 0.15) is 25.7 Å². The normalized spacial score (nSPS) is 33.0. The number of rotatable bonds is 1. The Balaban J connectivity index is 0.000000810. The summed E-state index contributed by atoms with van der Waals surface area (Å²) in [6.45, 7) is 0.529. The zero-order valence-electron chi connectivity index (χ0n) is 6.05. The van der Waals surface area contributed by atoms with Crippen LogP contribution in [-0.2, 0) is 0 Å². The highest BCUT2D eigenvalue weighted by Gasteiger charge is 2.22. The van der Waals surface area contributed by atoms with Crippen molar-refractivity contribution in [2.75, 3.05) is 6.54 Å². The molecule has 1 saturated carbocycles. The number of hydrogen-bond donors (Lipinski definition) is 1. The van der Waals surface area contributed by atoms with Gasteiger partial charge in [0, 0.05) is 5.92 Å². The monoisotopic (exact) mass is 167 g/mol. The summed E-state index contributed by atoms with van der Waals surface area (Å²) in [5.41, 5.74) is 5.35. The topological polar surface area (TPSA) is 26.0 Å². The second kappa shape index (κ2) is 4.91. The number of nitrogens with two attached hydrogens (primary N) is 1. The molecule has 1 rings (SSSR count). The van der Waals surface area contributed by atoms with E-state index in [0.29, 0.717) is 6.54 Å². The maximum atomic E-state index is 12.8. The van der Waals surface area contributed by atoms with Crippen LogP contribution in [0, 0.1) is 5.92 Å². The van der Waals surface area contributed by atoms with Crippen molar-refractivity contribution in [1.29, 1.82) is 0 Å². The molecule has 1 fully saturated rings. The Bertz CT molecular complexity index is 89.7. The summed E-state index contributed by atoms with van der Waals surface area (Å²) >= 11 is 0. The molecule has 0 saturated heterocycles. The Morgan fingerprint density at radius 3 is 2.30 bits per heavy atom. The van der Waals surface area contributed by atoms with Crippen molar-refractivity contribution < 1.29 is 4.39 Å². The molecule has 2 N–H and O–H groups in total. The third-order valence-corrected chi connectivity index (χ3v) is 2.12. The van der Waals surface area contributed by atoms with Gasteiger partial charge in [0.1, 0.15) is 6.17 Å². The van der Waals surface area contributed by atoms with E-state index < -0.39 is 6.17 Å². The van der Waals surface area contributed by atoms with Crippen LogP contribution in [0.3, 0.4) is 0 Å². The molecule has 0 aromatic heterocycles. The van der Waals surface area contributed by atoms with E-state index in [-0.39, 0.29) is 18.3 Å². The zero-order chi connectivity index (χ0) is 6.69. The van der Waals surface area contributed by atoms with Crippen LogP contribution in [0.2, 0.25) is 0 Å². The van der Waals surface area contributed by atoms with Crippen LogP contribution in [0.4, 0.5) is 4.39 Å². The van der Waals surface area contributed by atoms with Gasteiger partial charge in [0.05, 0.1) is 0 Å². The van der Waals surface area contributed by atoms with Gasteiger partial charge in [-0.3, -0.25) is 0 Å². The molecule has 0 heterocycles. The van der Waals surface area contributed by atoms with Crippen LogP contribution in [0.5, 0.6) is 0 Å². The molecular formula is C7H15ClFN. The van der Waals surface area contributed by atoms with E-state index in [2.05, 4.69) is 0 Å². The molecule has 0 spiro atoms. The standard InChI is InChI=1S/C7H14FN.ClH/c8-7-4-2-1-3-6(7)5-9;/h6-7H,1-5,9H2;1H. The van der Waals surface area contributed by atoms with Gasteiger partial charge >= 0.3 is 0 Å². The molecule has 2 unspecified atom stereocenters. The summed E-state index contributed by atoms with van der Waals surface area (Å²) in [7, 11) is 0. The highest BCUT2D eigenvalue weighted by atomic mass is 35.5. The Kier molecular flexibility index (Phi) is 5.00. The summed E-state index contributed by atoms with van der Waals surface area (Å²) in [5, 5.41) is 0. The molecule has 1 aliphatic rings. The van der Waals surface area contributed by atoms with Gasteiger partial charge in [-0.2, -0.15) is 0 Å². The van der Waals surface area contributed by atoms with Crippen molar-refractivity contribution in [2.45, 2.75) is 31.9 Å². The van der Waals surface area contributed by atoms with Gasteiger partial charge in [0.15, 0.2) is 0 Å². The second-order valence-corrected chi connectivity index (χ2v) is 2.80. The van der Waals surface area contributed by atoms with Crippen LogP contribution in [-0.4, -0.2) is 12.7 Å². The lowest BCUT2D eigenvalue weighted by molar-refractivity contribution is 0.171. The minimum absolute atomic E-state index is 0. The fourth-order valence-corrected chi connectivity index (χ4v) is 1.43. The van der Waals surface area contributed by atoms with Crippen molar-refractivity contribution in [3.63, 3.8) is 0 Å². The highest BCUT2D eigenvalue weighted by molar-refractivity contribution is 5.85. The van der Waals surface area contributed by atoms with Gasteiger partial charge < -0.3 is 5.73 Å². The molecule has 1 aliphatic carbocycles. The number of hydrogen-bond acceptors (Lipinski definition) is 1. The molecule has 3 heteroatoms. The summed E-state index contributed by atoms with van der Waals surface area (Å²) in [6, 6.07) is 0. The molecule has 0 aliphatic heterocycles. The Hall–Kier alpha value is 0.180. The third-order valence-electron chi connectivity index (χ3n) is 2.12. The summed E-state index contributed by atoms with van der Waals surface area (Å²) in [4.78, 5) is 0. The van der Waals surface area contributed by atoms with E-state index in [9.17, 15) is 4.39 Å². The number of halogens is 2. The smallest absolute Gasteiger partial charge is 0.104 e. The lowest BCUT2D eigenvalue weighted by Crippen LogP contribution is -2.27. The van der Waals surface area contributed by atoms with Gasteiger partial charge in [0.25, 0.3) is 0 Å². The van der Waals surface area contributed by atoms with Crippen molar-refractivity contribution in [3.05, 3.63) is 0 Å². The maximum Gasteiger partial charge on any atom is 0.104 e. The molecule has 2 atom stereocenters. The van der Waals surface area contributed by atoms with E-state index in [4.69, 9.17) is 5.73 Å². The van der Waals surface area contributed by atoms with Gasteiger partial charge in [-0.15, -0.1) is 12.4 Å². The third kappa shape index (κ3) is 2.43. The Morgan fingerprint density at radius 2 is 1.90 bits per heavy atom. The average molecular weight is 168 g/mol. The molecule has 0 radical (unpaired) electrons. The molecule has 10 heavy (non-hydrogen) atoms. The largest absolute Gasteiger partial charge is 0.330 e. The summed E-state index contributed by atoms with van der Waals surface area (Å²) in [5.74, 6) is 0.166. The van der Waals surface area contributed by atoms with E-state index >= 15 is 0 Å². The van der Waals surface area contributed by atoms with Gasteiger partial charge in [0.2, 0.25) is 0 Å². The molecule has 1 nitrogen and oxygen atoms in total. The Labute approximate surface area is 67.6 Å². The average Bonchev–Trinajstić information content (AvgIpc) is 1.89. The van der Waals surface area contributed by atoms with E-state index in [1.807, 2.05) is 0 Å². The predicted molar refractivity (Wildman–Crippen MR) is 43.2 cm³/mol. The molecular weight excluding hydrogens is 153 g/mol. The quantitative estimate of drug-likeness (QED) is 0.635. The van der Waals surface area contributed by atoms with Crippen LogP contribution in [0.25, 0.3) is 0 Å².